The molecule has 2 saturated heterocycles. The first-order valence-corrected chi connectivity index (χ1v) is 11.9. The lowest BCUT2D eigenvalue weighted by Gasteiger charge is -2.25. The van der Waals surface area contributed by atoms with Gasteiger partial charge >= 0.3 is 0 Å². The molecular weight excluding hydrogens is 454 g/mol. The van der Waals surface area contributed by atoms with Crippen LogP contribution in [0.3, 0.4) is 0 Å². The van der Waals surface area contributed by atoms with Gasteiger partial charge in [0.15, 0.2) is 17.4 Å². The van der Waals surface area contributed by atoms with Crippen LogP contribution in [0.4, 0.5) is 5.69 Å². The van der Waals surface area contributed by atoms with Crippen molar-refractivity contribution in [1.29, 1.82) is 0 Å². The molecule has 1 aromatic heterocycles. The van der Waals surface area contributed by atoms with Gasteiger partial charge < -0.3 is 19.5 Å². The van der Waals surface area contributed by atoms with Gasteiger partial charge in [0.05, 0.1) is 6.54 Å². The van der Waals surface area contributed by atoms with Crippen molar-refractivity contribution < 1.29 is 23.7 Å². The van der Waals surface area contributed by atoms with E-state index in [0.29, 0.717) is 42.7 Å². The van der Waals surface area contributed by atoms with Gasteiger partial charge in [0.1, 0.15) is 11.6 Å². The fraction of sp³-hybridized carbons (Fsp3) is 0.500. The first kappa shape index (κ1) is 24.4. The summed E-state index contributed by atoms with van der Waals surface area (Å²) >= 11 is 0. The summed E-state index contributed by atoms with van der Waals surface area (Å²) in [5, 5.41) is 15.0. The summed E-state index contributed by atoms with van der Waals surface area (Å²) in [6.45, 7) is 2.74. The minimum atomic E-state index is -0.798. The summed E-state index contributed by atoms with van der Waals surface area (Å²) in [7, 11) is 0. The van der Waals surface area contributed by atoms with Crippen molar-refractivity contribution in [2.24, 2.45) is 4.99 Å². The van der Waals surface area contributed by atoms with E-state index in [1.165, 1.54) is 11.8 Å². The Labute approximate surface area is 202 Å². The highest BCUT2D eigenvalue weighted by molar-refractivity contribution is 6.01. The third kappa shape index (κ3) is 6.03. The van der Waals surface area contributed by atoms with Crippen LogP contribution in [-0.4, -0.2) is 76.9 Å². The third-order valence-electron chi connectivity index (χ3n) is 6.28. The van der Waals surface area contributed by atoms with Crippen LogP contribution in [0.25, 0.3) is 11.0 Å². The van der Waals surface area contributed by atoms with Crippen molar-refractivity contribution in [2.75, 3.05) is 38.0 Å². The summed E-state index contributed by atoms with van der Waals surface area (Å²) < 4.78 is 5.49. The predicted molar refractivity (Wildman–Crippen MR) is 129 cm³/mol. The van der Waals surface area contributed by atoms with E-state index in [9.17, 15) is 24.5 Å². The Morgan fingerprint density at radius 1 is 1.17 bits per heavy atom. The number of carbonyl (C=O) groups is 3. The van der Waals surface area contributed by atoms with Gasteiger partial charge in [-0.05, 0) is 56.4 Å². The largest absolute Gasteiger partial charge is 0.453 e. The molecule has 3 heterocycles. The van der Waals surface area contributed by atoms with E-state index in [1.54, 1.807) is 29.2 Å². The standard InChI is InChI=1S/C24H29N5O6/c1-16(30)21-13-17-12-18(7-8-20(17)35-21)25-22(14-29(33)34)26-19-6-2-3-11-28(24(19)32)15-23(31)27-9-4-5-10-27/h7-8,12-13,19H,2-6,9-11,14-15H2,1H3,(H,25,26)/t19-/m0/s1. The number of furan rings is 1. The van der Waals surface area contributed by atoms with Crippen molar-refractivity contribution in [3.8, 4) is 0 Å². The van der Waals surface area contributed by atoms with Crippen LogP contribution in [0, 0.1) is 10.1 Å². The number of likely N-dealkylation sites (tertiary alicyclic amines) is 2. The monoisotopic (exact) mass is 483 g/mol. The molecule has 0 spiro atoms. The number of fused-ring (bicyclic) bond motifs is 1. The molecule has 1 atom stereocenters. The van der Waals surface area contributed by atoms with Crippen LogP contribution in [0.1, 0.15) is 49.6 Å². The Morgan fingerprint density at radius 3 is 2.63 bits per heavy atom. The van der Waals surface area contributed by atoms with Gasteiger partial charge in [-0.25, -0.2) is 0 Å². The number of aliphatic imine (C=N–C) groups is 1. The molecule has 2 aliphatic heterocycles. The van der Waals surface area contributed by atoms with Crippen molar-refractivity contribution in [2.45, 2.75) is 45.1 Å². The lowest BCUT2D eigenvalue weighted by molar-refractivity contribution is -0.463. The molecule has 0 aliphatic carbocycles. The van der Waals surface area contributed by atoms with Gasteiger partial charge in [-0.15, -0.1) is 0 Å². The number of nitrogens with zero attached hydrogens (tertiary/aromatic N) is 4. The Balaban J connectivity index is 1.53. The molecule has 0 unspecified atom stereocenters. The highest BCUT2D eigenvalue weighted by atomic mass is 16.6. The number of Topliss-reactive ketones (excluding diaryl/α,β-unsaturated/α-hetero) is 1. The summed E-state index contributed by atoms with van der Waals surface area (Å²) in [6.07, 6.45) is 3.89. The molecule has 35 heavy (non-hydrogen) atoms. The normalized spacial score (nSPS) is 19.2. The van der Waals surface area contributed by atoms with E-state index >= 15 is 0 Å². The van der Waals surface area contributed by atoms with Gasteiger partial charge in [-0.1, -0.05) is 0 Å². The zero-order chi connectivity index (χ0) is 24.9. The number of amides is 2. The molecule has 2 aliphatic rings. The number of rotatable bonds is 7. The van der Waals surface area contributed by atoms with E-state index < -0.39 is 17.5 Å². The van der Waals surface area contributed by atoms with Crippen LogP contribution in [0.5, 0.6) is 0 Å². The Hall–Kier alpha value is -3.76. The van der Waals surface area contributed by atoms with Gasteiger partial charge in [0.2, 0.25) is 11.8 Å². The Morgan fingerprint density at radius 2 is 1.91 bits per heavy atom. The summed E-state index contributed by atoms with van der Waals surface area (Å²) in [6, 6.07) is 5.85. The van der Waals surface area contributed by atoms with Crippen molar-refractivity contribution in [1.82, 2.24) is 9.80 Å². The fourth-order valence-electron chi connectivity index (χ4n) is 4.48. The molecule has 11 heteroatoms. The van der Waals surface area contributed by atoms with Crippen molar-refractivity contribution in [3.05, 3.63) is 40.1 Å². The predicted octanol–water partition coefficient (Wildman–Crippen LogP) is 2.73. The number of hydrogen-bond donors (Lipinski definition) is 1. The average Bonchev–Trinajstić information content (AvgIpc) is 3.46. The van der Waals surface area contributed by atoms with E-state index in [4.69, 9.17) is 4.42 Å². The van der Waals surface area contributed by atoms with Crippen LogP contribution in [0.2, 0.25) is 0 Å². The second-order valence-corrected chi connectivity index (χ2v) is 8.97. The first-order valence-electron chi connectivity index (χ1n) is 11.9. The van der Waals surface area contributed by atoms with Gasteiger partial charge in [0, 0.05) is 42.6 Å². The van der Waals surface area contributed by atoms with Crippen LogP contribution >= 0.6 is 0 Å². The smallest absolute Gasteiger partial charge is 0.260 e. The molecule has 2 amide bonds. The van der Waals surface area contributed by atoms with Crippen molar-refractivity contribution >= 4 is 40.1 Å². The second-order valence-electron chi connectivity index (χ2n) is 8.97. The molecule has 1 aromatic carbocycles. The Kier molecular flexibility index (Phi) is 7.42. The molecule has 1 N–H and O–H groups in total. The van der Waals surface area contributed by atoms with Gasteiger partial charge in [0.25, 0.3) is 6.54 Å². The SMILES string of the molecule is CC(=O)c1cc2cc(NC(C[N+](=O)[O-])=N[C@H]3CCCCN(CC(=O)N4CCCC4)C3=O)ccc2o1. The summed E-state index contributed by atoms with van der Waals surface area (Å²) in [5.41, 5.74) is 1.04. The molecule has 2 fully saturated rings. The number of nitrogens with one attached hydrogen (secondary N) is 1. The van der Waals surface area contributed by atoms with Crippen LogP contribution < -0.4 is 5.32 Å². The van der Waals surface area contributed by atoms with Crippen LogP contribution in [0.15, 0.2) is 33.7 Å². The molecule has 0 bridgehead atoms. The molecule has 4 rings (SSSR count). The molecule has 2 aromatic rings. The molecule has 0 saturated carbocycles. The number of anilines is 1. The maximum atomic E-state index is 13.2. The first-order chi connectivity index (χ1) is 16.8. The molecule has 186 valence electrons. The van der Waals surface area contributed by atoms with E-state index in [1.807, 2.05) is 0 Å². The molecular formula is C24H29N5O6. The van der Waals surface area contributed by atoms with Gasteiger partial charge in [-0.2, -0.15) is 0 Å². The number of carbonyl (C=O) groups excluding carboxylic acids is 3. The molecule has 11 nitrogen and oxygen atoms in total. The second kappa shape index (κ2) is 10.7. The zero-order valence-electron chi connectivity index (χ0n) is 19.7. The lowest BCUT2D eigenvalue weighted by Crippen LogP contribution is -2.45. The lowest BCUT2D eigenvalue weighted by atomic mass is 10.1. The van der Waals surface area contributed by atoms with Crippen molar-refractivity contribution in [3.63, 3.8) is 0 Å². The third-order valence-corrected chi connectivity index (χ3v) is 6.28. The average molecular weight is 484 g/mol. The summed E-state index contributed by atoms with van der Waals surface area (Å²) in [5.74, 6) is -0.276. The maximum absolute atomic E-state index is 13.2. The number of amidine groups is 1. The number of benzene rings is 1. The summed E-state index contributed by atoms with van der Waals surface area (Å²) in [4.78, 5) is 56.0. The highest BCUT2D eigenvalue weighted by Gasteiger charge is 2.30. The fourth-order valence-corrected chi connectivity index (χ4v) is 4.48. The number of hydrogen-bond acceptors (Lipinski definition) is 7. The zero-order valence-corrected chi connectivity index (χ0v) is 19.7. The number of ketones is 1. The maximum Gasteiger partial charge on any atom is 0.260 e. The van der Waals surface area contributed by atoms with Gasteiger partial charge in [-0.3, -0.25) is 29.5 Å². The van der Waals surface area contributed by atoms with E-state index in [-0.39, 0.29) is 35.7 Å². The number of nitro groups is 1. The van der Waals surface area contributed by atoms with E-state index in [2.05, 4.69) is 10.3 Å². The minimum Gasteiger partial charge on any atom is -0.453 e. The Bertz CT molecular complexity index is 1170. The quantitative estimate of drug-likeness (QED) is 0.210. The topological polar surface area (TPSA) is 138 Å². The molecule has 0 radical (unpaired) electrons. The van der Waals surface area contributed by atoms with Crippen LogP contribution in [-0.2, 0) is 9.59 Å². The highest BCUT2D eigenvalue weighted by Crippen LogP contribution is 2.24. The van der Waals surface area contributed by atoms with E-state index in [0.717, 1.165) is 25.7 Å². The minimum absolute atomic E-state index is 0.0124.